The van der Waals surface area contributed by atoms with Crippen LogP contribution in [-0.4, -0.2) is 7.11 Å². The molecule has 0 aromatic heterocycles. The van der Waals surface area contributed by atoms with Gasteiger partial charge in [-0.05, 0) is 37.0 Å². The van der Waals surface area contributed by atoms with Gasteiger partial charge in [0.25, 0.3) is 0 Å². The lowest BCUT2D eigenvalue weighted by Crippen LogP contribution is -2.00. The van der Waals surface area contributed by atoms with Crippen LogP contribution >= 0.6 is 0 Å². The third kappa shape index (κ3) is 2.58. The van der Waals surface area contributed by atoms with E-state index in [0.29, 0.717) is 0 Å². The van der Waals surface area contributed by atoms with Gasteiger partial charge in [-0.2, -0.15) is 0 Å². The van der Waals surface area contributed by atoms with Gasteiger partial charge < -0.3 is 4.74 Å². The fourth-order valence-corrected chi connectivity index (χ4v) is 1.70. The van der Waals surface area contributed by atoms with E-state index in [4.69, 9.17) is 4.74 Å². The van der Waals surface area contributed by atoms with Gasteiger partial charge in [0.05, 0.1) is 6.10 Å². The Kier molecular flexibility index (Phi) is 4.15. The fourth-order valence-electron chi connectivity index (χ4n) is 1.70. The van der Waals surface area contributed by atoms with Gasteiger partial charge in [-0.3, -0.25) is 0 Å². The number of rotatable bonds is 4. The van der Waals surface area contributed by atoms with Crippen LogP contribution in [0.1, 0.15) is 43.1 Å². The summed E-state index contributed by atoms with van der Waals surface area (Å²) in [4.78, 5) is 0. The number of aryl methyl sites for hydroxylation is 2. The zero-order valence-corrected chi connectivity index (χ0v) is 9.63. The maximum atomic E-state index is 5.35. The second-order valence-corrected chi connectivity index (χ2v) is 3.82. The Bertz CT molecular complexity index is 291. The minimum Gasteiger partial charge on any atom is -0.377 e. The van der Waals surface area contributed by atoms with Crippen molar-refractivity contribution in [2.75, 3.05) is 7.11 Å². The van der Waals surface area contributed by atoms with E-state index in [9.17, 15) is 0 Å². The summed E-state index contributed by atoms with van der Waals surface area (Å²) in [5, 5.41) is 0. The minimum atomic E-state index is 0.201. The highest BCUT2D eigenvalue weighted by atomic mass is 16.5. The summed E-state index contributed by atoms with van der Waals surface area (Å²) in [5.41, 5.74) is 4.05. The van der Waals surface area contributed by atoms with Gasteiger partial charge in [-0.15, -0.1) is 0 Å². The molecule has 1 nitrogen and oxygen atoms in total. The molecule has 0 fully saturated rings. The smallest absolute Gasteiger partial charge is 0.0795 e. The van der Waals surface area contributed by atoms with Gasteiger partial charge in [-0.1, -0.05) is 31.5 Å². The number of benzene rings is 1. The molecule has 78 valence electrons. The first-order chi connectivity index (χ1) is 6.69. The third-order valence-electron chi connectivity index (χ3n) is 2.67. The molecule has 0 aliphatic carbocycles. The maximum Gasteiger partial charge on any atom is 0.0795 e. The van der Waals surface area contributed by atoms with Crippen LogP contribution in [0.25, 0.3) is 0 Å². The molecule has 0 N–H and O–H groups in total. The molecule has 1 heteroatoms. The van der Waals surface area contributed by atoms with Crippen LogP contribution in [0.5, 0.6) is 0 Å². The Morgan fingerprint density at radius 1 is 1.36 bits per heavy atom. The number of hydrogen-bond donors (Lipinski definition) is 0. The Labute approximate surface area is 87.1 Å². The lowest BCUT2D eigenvalue weighted by molar-refractivity contribution is 0.119. The molecule has 14 heavy (non-hydrogen) atoms. The summed E-state index contributed by atoms with van der Waals surface area (Å²) in [6.07, 6.45) is 2.56. The second-order valence-electron chi connectivity index (χ2n) is 3.82. The van der Waals surface area contributed by atoms with E-state index >= 15 is 0 Å². The lowest BCUT2D eigenvalue weighted by Gasteiger charge is -2.14. The van der Waals surface area contributed by atoms with Gasteiger partial charge >= 0.3 is 0 Å². The highest BCUT2D eigenvalue weighted by Crippen LogP contribution is 2.21. The lowest BCUT2D eigenvalue weighted by atomic mass is 9.99. The van der Waals surface area contributed by atoms with Crippen molar-refractivity contribution in [1.29, 1.82) is 0 Å². The molecule has 1 unspecified atom stereocenters. The highest BCUT2D eigenvalue weighted by molar-refractivity contribution is 5.32. The standard InChI is InChI=1S/C13H20O/c1-5-6-12-8-7-10(2)13(9-12)11(3)14-4/h7-9,11H,5-6H2,1-4H3. The molecular formula is C13H20O. The SMILES string of the molecule is CCCc1ccc(C)c(C(C)OC)c1. The molecule has 1 rings (SSSR count). The summed E-state index contributed by atoms with van der Waals surface area (Å²) in [7, 11) is 1.76. The van der Waals surface area contributed by atoms with Gasteiger partial charge in [0.2, 0.25) is 0 Å². The van der Waals surface area contributed by atoms with Crippen LogP contribution in [-0.2, 0) is 11.2 Å². The molecule has 0 aliphatic heterocycles. The van der Waals surface area contributed by atoms with Crippen LogP contribution in [0.4, 0.5) is 0 Å². The topological polar surface area (TPSA) is 9.23 Å². The summed E-state index contributed by atoms with van der Waals surface area (Å²) >= 11 is 0. The first-order valence-corrected chi connectivity index (χ1v) is 5.31. The van der Waals surface area contributed by atoms with E-state index < -0.39 is 0 Å². The van der Waals surface area contributed by atoms with E-state index in [0.717, 1.165) is 6.42 Å². The molecule has 0 bridgehead atoms. The molecule has 0 heterocycles. The fraction of sp³-hybridized carbons (Fsp3) is 0.538. The number of hydrogen-bond acceptors (Lipinski definition) is 1. The van der Waals surface area contributed by atoms with Crippen molar-refractivity contribution in [3.05, 3.63) is 34.9 Å². The highest BCUT2D eigenvalue weighted by Gasteiger charge is 2.07. The van der Waals surface area contributed by atoms with Crippen molar-refractivity contribution >= 4 is 0 Å². The van der Waals surface area contributed by atoms with E-state index in [2.05, 4.69) is 39.0 Å². The second kappa shape index (κ2) is 5.16. The van der Waals surface area contributed by atoms with Crippen molar-refractivity contribution in [3.63, 3.8) is 0 Å². The quantitative estimate of drug-likeness (QED) is 0.707. The zero-order valence-electron chi connectivity index (χ0n) is 9.63. The summed E-state index contributed by atoms with van der Waals surface area (Å²) < 4.78 is 5.35. The van der Waals surface area contributed by atoms with E-state index in [1.54, 1.807) is 7.11 Å². The van der Waals surface area contributed by atoms with Crippen molar-refractivity contribution in [3.8, 4) is 0 Å². The van der Waals surface area contributed by atoms with Gasteiger partial charge in [-0.25, -0.2) is 0 Å². The minimum absolute atomic E-state index is 0.201. The zero-order chi connectivity index (χ0) is 10.6. The molecule has 0 amide bonds. The van der Waals surface area contributed by atoms with Crippen LogP contribution in [0.2, 0.25) is 0 Å². The van der Waals surface area contributed by atoms with Crippen LogP contribution < -0.4 is 0 Å². The average Bonchev–Trinajstić information content (AvgIpc) is 2.20. The normalized spacial score (nSPS) is 12.9. The summed E-state index contributed by atoms with van der Waals surface area (Å²) in [6, 6.07) is 6.67. The van der Waals surface area contributed by atoms with Gasteiger partial charge in [0.15, 0.2) is 0 Å². The van der Waals surface area contributed by atoms with Crippen LogP contribution in [0, 0.1) is 6.92 Å². The number of ether oxygens (including phenoxy) is 1. The van der Waals surface area contributed by atoms with Crippen LogP contribution in [0.15, 0.2) is 18.2 Å². The Balaban J connectivity index is 2.95. The monoisotopic (exact) mass is 192 g/mol. The number of methoxy groups -OCH3 is 1. The van der Waals surface area contributed by atoms with E-state index in [1.807, 2.05) is 0 Å². The molecule has 1 aromatic carbocycles. The Morgan fingerprint density at radius 3 is 2.64 bits per heavy atom. The van der Waals surface area contributed by atoms with Crippen molar-refractivity contribution < 1.29 is 4.74 Å². The predicted octanol–water partition coefficient (Wildman–Crippen LogP) is 3.65. The third-order valence-corrected chi connectivity index (χ3v) is 2.67. The average molecular weight is 192 g/mol. The van der Waals surface area contributed by atoms with Gasteiger partial charge in [0.1, 0.15) is 0 Å². The van der Waals surface area contributed by atoms with Crippen molar-refractivity contribution in [2.45, 2.75) is 39.7 Å². The van der Waals surface area contributed by atoms with Crippen molar-refractivity contribution in [1.82, 2.24) is 0 Å². The summed E-state index contributed by atoms with van der Waals surface area (Å²) in [6.45, 7) is 6.44. The molecule has 0 saturated heterocycles. The molecule has 1 aromatic rings. The molecule has 0 radical (unpaired) electrons. The predicted molar refractivity (Wildman–Crippen MR) is 60.6 cm³/mol. The van der Waals surface area contributed by atoms with E-state index in [1.165, 1.54) is 23.1 Å². The summed E-state index contributed by atoms with van der Waals surface area (Å²) in [5.74, 6) is 0. The molecular weight excluding hydrogens is 172 g/mol. The van der Waals surface area contributed by atoms with Crippen molar-refractivity contribution in [2.24, 2.45) is 0 Å². The maximum absolute atomic E-state index is 5.35. The van der Waals surface area contributed by atoms with E-state index in [-0.39, 0.29) is 6.10 Å². The molecule has 1 atom stereocenters. The Hall–Kier alpha value is -0.820. The molecule has 0 aliphatic rings. The first kappa shape index (κ1) is 11.3. The molecule has 0 saturated carbocycles. The largest absolute Gasteiger partial charge is 0.377 e. The molecule has 0 spiro atoms. The first-order valence-electron chi connectivity index (χ1n) is 5.31. The van der Waals surface area contributed by atoms with Gasteiger partial charge in [0, 0.05) is 7.11 Å². The van der Waals surface area contributed by atoms with Crippen LogP contribution in [0.3, 0.4) is 0 Å². The Morgan fingerprint density at radius 2 is 2.07 bits per heavy atom.